The molecule has 10 heteroatoms. The van der Waals surface area contributed by atoms with Crippen LogP contribution in [0.4, 0.5) is 0 Å². The highest BCUT2D eigenvalue weighted by molar-refractivity contribution is 5.93. The molecule has 0 unspecified atom stereocenters. The predicted octanol–water partition coefficient (Wildman–Crippen LogP) is 3.54. The molecule has 10 nitrogen and oxygen atoms in total. The summed E-state index contributed by atoms with van der Waals surface area (Å²) in [5, 5.41) is 4.06. The summed E-state index contributed by atoms with van der Waals surface area (Å²) in [6, 6.07) is 7.97. The van der Waals surface area contributed by atoms with Crippen LogP contribution in [0.2, 0.25) is 0 Å². The van der Waals surface area contributed by atoms with Crippen molar-refractivity contribution in [2.75, 3.05) is 39.4 Å². The normalized spacial score (nSPS) is 16.8. The monoisotopic (exact) mass is 507 g/mol. The molecule has 2 aliphatic heterocycles. The van der Waals surface area contributed by atoms with Crippen LogP contribution in [0.15, 0.2) is 33.2 Å². The van der Waals surface area contributed by atoms with Gasteiger partial charge in [-0.25, -0.2) is 4.98 Å². The summed E-state index contributed by atoms with van der Waals surface area (Å²) in [6.45, 7) is 7.35. The number of carbonyl (C=O) groups is 2. The van der Waals surface area contributed by atoms with E-state index in [2.05, 4.69) is 15.1 Å². The maximum absolute atomic E-state index is 12.8. The zero-order valence-corrected chi connectivity index (χ0v) is 21.4. The topological polar surface area (TPSA) is 115 Å². The Balaban J connectivity index is 1.08. The summed E-state index contributed by atoms with van der Waals surface area (Å²) in [4.78, 5) is 38.3. The van der Waals surface area contributed by atoms with Crippen LogP contribution < -0.4 is 0 Å². The van der Waals surface area contributed by atoms with Crippen molar-refractivity contribution in [3.63, 3.8) is 0 Å². The highest BCUT2D eigenvalue weighted by atomic mass is 16.5. The smallest absolute Gasteiger partial charge is 0.276 e. The molecular formula is C27H33N5O5. The first-order valence-electron chi connectivity index (χ1n) is 13.0. The molecule has 0 aliphatic carbocycles. The fraction of sp³-hybridized carbons (Fsp3) is 0.519. The van der Waals surface area contributed by atoms with Gasteiger partial charge in [0.2, 0.25) is 17.6 Å². The van der Waals surface area contributed by atoms with E-state index in [0.29, 0.717) is 87.7 Å². The summed E-state index contributed by atoms with van der Waals surface area (Å²) in [7, 11) is 0. The van der Waals surface area contributed by atoms with E-state index in [-0.39, 0.29) is 17.7 Å². The van der Waals surface area contributed by atoms with E-state index in [0.717, 1.165) is 18.4 Å². The highest BCUT2D eigenvalue weighted by Crippen LogP contribution is 2.29. The first-order chi connectivity index (χ1) is 18.0. The van der Waals surface area contributed by atoms with Crippen LogP contribution in [0.25, 0.3) is 11.4 Å². The summed E-state index contributed by atoms with van der Waals surface area (Å²) in [5.41, 5.74) is 2.48. The first-order valence-corrected chi connectivity index (χ1v) is 13.0. The molecule has 4 heterocycles. The number of amides is 2. The van der Waals surface area contributed by atoms with Crippen molar-refractivity contribution >= 4 is 11.8 Å². The Labute approximate surface area is 216 Å². The summed E-state index contributed by atoms with van der Waals surface area (Å²) >= 11 is 0. The predicted molar refractivity (Wildman–Crippen MR) is 134 cm³/mol. The molecule has 0 bridgehead atoms. The summed E-state index contributed by atoms with van der Waals surface area (Å²) < 4.78 is 16.6. The van der Waals surface area contributed by atoms with Gasteiger partial charge in [-0.1, -0.05) is 35.0 Å². The Morgan fingerprint density at radius 2 is 1.70 bits per heavy atom. The number of benzene rings is 1. The van der Waals surface area contributed by atoms with Gasteiger partial charge in [0.05, 0.1) is 13.2 Å². The van der Waals surface area contributed by atoms with E-state index < -0.39 is 0 Å². The van der Waals surface area contributed by atoms with Crippen molar-refractivity contribution in [2.24, 2.45) is 0 Å². The molecule has 0 saturated carbocycles. The van der Waals surface area contributed by atoms with E-state index in [9.17, 15) is 9.59 Å². The molecule has 0 atom stereocenters. The number of morpholine rings is 1. The lowest BCUT2D eigenvalue weighted by molar-refractivity contribution is -0.132. The Bertz CT molecular complexity index is 1220. The SMILES string of the molecule is Cc1ccc(-c2noc(CCCC(=O)N3CCC(c4nc(C(=O)N5CCOCC5)c(C)o4)CC3)n2)cc1. The summed E-state index contributed by atoms with van der Waals surface area (Å²) in [5.74, 6) is 2.40. The lowest BCUT2D eigenvalue weighted by Gasteiger charge is -2.30. The van der Waals surface area contributed by atoms with Gasteiger partial charge in [0, 0.05) is 50.5 Å². The standard InChI is InChI=1S/C27H33N5O5/c1-18-6-8-20(9-7-18)25-28-22(37-30-25)4-3-5-23(33)31-12-10-21(11-13-31)26-29-24(19(2)36-26)27(34)32-14-16-35-17-15-32/h6-9,21H,3-5,10-17H2,1-2H3. The summed E-state index contributed by atoms with van der Waals surface area (Å²) in [6.07, 6.45) is 3.18. The van der Waals surface area contributed by atoms with Crippen molar-refractivity contribution in [1.29, 1.82) is 0 Å². The number of nitrogens with zero attached hydrogens (tertiary/aromatic N) is 5. The van der Waals surface area contributed by atoms with E-state index in [1.807, 2.05) is 36.1 Å². The number of oxazole rings is 1. The van der Waals surface area contributed by atoms with Crippen LogP contribution in [0.3, 0.4) is 0 Å². The zero-order chi connectivity index (χ0) is 25.8. The molecule has 2 saturated heterocycles. The fourth-order valence-corrected chi connectivity index (χ4v) is 4.81. The number of aromatic nitrogens is 3. The van der Waals surface area contributed by atoms with Gasteiger partial charge < -0.3 is 23.5 Å². The van der Waals surface area contributed by atoms with Crippen LogP contribution in [0, 0.1) is 13.8 Å². The molecule has 0 radical (unpaired) electrons. The molecule has 2 amide bonds. The molecular weight excluding hydrogens is 474 g/mol. The molecule has 2 fully saturated rings. The van der Waals surface area contributed by atoms with Crippen molar-refractivity contribution in [3.05, 3.63) is 53.1 Å². The molecule has 5 rings (SSSR count). The molecule has 37 heavy (non-hydrogen) atoms. The third kappa shape index (κ3) is 5.90. The minimum absolute atomic E-state index is 0.101. The fourth-order valence-electron chi connectivity index (χ4n) is 4.81. The third-order valence-corrected chi connectivity index (χ3v) is 7.07. The number of piperidine rings is 1. The van der Waals surface area contributed by atoms with Crippen LogP contribution in [0.1, 0.15) is 65.2 Å². The quantitative estimate of drug-likeness (QED) is 0.477. The largest absolute Gasteiger partial charge is 0.445 e. The lowest BCUT2D eigenvalue weighted by Crippen LogP contribution is -2.41. The van der Waals surface area contributed by atoms with Crippen molar-refractivity contribution < 1.29 is 23.3 Å². The minimum atomic E-state index is -0.101. The second-order valence-electron chi connectivity index (χ2n) is 9.75. The van der Waals surface area contributed by atoms with Crippen LogP contribution in [-0.4, -0.2) is 76.1 Å². The molecule has 2 aliphatic rings. The van der Waals surface area contributed by atoms with Gasteiger partial charge in [0.15, 0.2) is 11.6 Å². The van der Waals surface area contributed by atoms with Gasteiger partial charge in [-0.05, 0) is 33.1 Å². The number of aryl methyl sites for hydroxylation is 3. The number of likely N-dealkylation sites (tertiary alicyclic amines) is 1. The molecule has 0 spiro atoms. The Morgan fingerprint density at radius 1 is 0.973 bits per heavy atom. The molecule has 0 N–H and O–H groups in total. The van der Waals surface area contributed by atoms with Gasteiger partial charge in [0.25, 0.3) is 5.91 Å². The Kier molecular flexibility index (Phi) is 7.64. The third-order valence-electron chi connectivity index (χ3n) is 7.07. The van der Waals surface area contributed by atoms with Gasteiger partial charge in [-0.2, -0.15) is 4.98 Å². The molecule has 1 aromatic carbocycles. The highest BCUT2D eigenvalue weighted by Gasteiger charge is 2.30. The van der Waals surface area contributed by atoms with Crippen LogP contribution in [-0.2, 0) is 16.0 Å². The molecule has 2 aromatic heterocycles. The van der Waals surface area contributed by atoms with Crippen molar-refractivity contribution in [3.8, 4) is 11.4 Å². The number of carbonyl (C=O) groups excluding carboxylic acids is 2. The van der Waals surface area contributed by atoms with Gasteiger partial charge in [-0.15, -0.1) is 0 Å². The average molecular weight is 508 g/mol. The number of hydrogen-bond acceptors (Lipinski definition) is 8. The van der Waals surface area contributed by atoms with E-state index in [1.165, 1.54) is 5.56 Å². The van der Waals surface area contributed by atoms with E-state index >= 15 is 0 Å². The first kappa shape index (κ1) is 25.1. The Hall–Kier alpha value is -3.53. The van der Waals surface area contributed by atoms with Crippen LogP contribution >= 0.6 is 0 Å². The zero-order valence-electron chi connectivity index (χ0n) is 21.4. The van der Waals surface area contributed by atoms with Crippen molar-refractivity contribution in [2.45, 2.75) is 51.9 Å². The van der Waals surface area contributed by atoms with E-state index in [4.69, 9.17) is 13.7 Å². The van der Waals surface area contributed by atoms with Gasteiger partial charge >= 0.3 is 0 Å². The second-order valence-corrected chi connectivity index (χ2v) is 9.75. The number of ether oxygens (including phenoxy) is 1. The number of rotatable bonds is 7. The minimum Gasteiger partial charge on any atom is -0.445 e. The lowest BCUT2D eigenvalue weighted by atomic mass is 9.96. The maximum Gasteiger partial charge on any atom is 0.276 e. The van der Waals surface area contributed by atoms with Gasteiger partial charge in [-0.3, -0.25) is 9.59 Å². The number of hydrogen-bond donors (Lipinski definition) is 0. The van der Waals surface area contributed by atoms with Crippen LogP contribution in [0.5, 0.6) is 0 Å². The van der Waals surface area contributed by atoms with Crippen molar-refractivity contribution in [1.82, 2.24) is 24.9 Å². The maximum atomic E-state index is 12.8. The molecule has 3 aromatic rings. The average Bonchev–Trinajstić information content (AvgIpc) is 3.56. The van der Waals surface area contributed by atoms with E-state index in [1.54, 1.807) is 11.8 Å². The Morgan fingerprint density at radius 3 is 2.43 bits per heavy atom. The van der Waals surface area contributed by atoms with Gasteiger partial charge in [0.1, 0.15) is 5.76 Å². The second kappa shape index (κ2) is 11.2. The molecule has 196 valence electrons.